The van der Waals surface area contributed by atoms with Crippen LogP contribution in [0.5, 0.6) is 0 Å². The van der Waals surface area contributed by atoms with Crippen molar-refractivity contribution in [3.05, 3.63) is 57.3 Å². The van der Waals surface area contributed by atoms with E-state index in [-0.39, 0.29) is 5.91 Å². The Morgan fingerprint density at radius 1 is 1.24 bits per heavy atom. The number of aryl methyl sites for hydroxylation is 2. The molecule has 0 unspecified atom stereocenters. The van der Waals surface area contributed by atoms with Crippen molar-refractivity contribution in [2.24, 2.45) is 0 Å². The van der Waals surface area contributed by atoms with Gasteiger partial charge in [-0.2, -0.15) is 0 Å². The minimum absolute atomic E-state index is 0.233. The summed E-state index contributed by atoms with van der Waals surface area (Å²) < 4.78 is 0. The van der Waals surface area contributed by atoms with E-state index in [1.165, 1.54) is 17.4 Å². The minimum Gasteiger partial charge on any atom is -0.478 e. The summed E-state index contributed by atoms with van der Waals surface area (Å²) in [5.74, 6) is -1.27. The zero-order valence-electron chi connectivity index (χ0n) is 11.7. The molecule has 2 N–H and O–H groups in total. The number of anilines is 1. The molecule has 0 aliphatic heterocycles. The lowest BCUT2D eigenvalue weighted by Crippen LogP contribution is -2.12. The van der Waals surface area contributed by atoms with Gasteiger partial charge >= 0.3 is 5.97 Å². The van der Waals surface area contributed by atoms with E-state index >= 15 is 0 Å². The molecule has 1 aromatic carbocycles. The average molecular weight is 301 g/mol. The summed E-state index contributed by atoms with van der Waals surface area (Å²) in [6.07, 6.45) is 2.45. The molecule has 0 aliphatic carbocycles. The Kier molecular flexibility index (Phi) is 4.55. The van der Waals surface area contributed by atoms with Crippen LogP contribution in [0, 0.1) is 13.8 Å². The second kappa shape index (κ2) is 6.37. The number of amides is 1. The lowest BCUT2D eigenvalue weighted by Gasteiger charge is -2.09. The van der Waals surface area contributed by atoms with Gasteiger partial charge in [-0.15, -0.1) is 11.3 Å². The molecule has 2 aromatic rings. The second-order valence-corrected chi connectivity index (χ2v) is 5.57. The van der Waals surface area contributed by atoms with Crippen LogP contribution in [0.1, 0.15) is 26.4 Å². The van der Waals surface area contributed by atoms with E-state index in [4.69, 9.17) is 5.11 Å². The lowest BCUT2D eigenvalue weighted by molar-refractivity contribution is -0.131. The SMILES string of the molecule is Cc1ccc(C)c(NC(=O)c2sccc2C=CC(=O)O)c1. The molecule has 108 valence electrons. The molecule has 21 heavy (non-hydrogen) atoms. The predicted molar refractivity (Wildman–Crippen MR) is 84.9 cm³/mol. The van der Waals surface area contributed by atoms with Gasteiger partial charge in [0.1, 0.15) is 0 Å². The molecule has 0 saturated carbocycles. The minimum atomic E-state index is -1.04. The summed E-state index contributed by atoms with van der Waals surface area (Å²) in [4.78, 5) is 23.4. The standard InChI is InChI=1S/C16H15NO3S/c1-10-3-4-11(2)13(9-10)17-16(20)15-12(7-8-21-15)5-6-14(18)19/h3-9H,1-2H3,(H,17,20)(H,18,19). The van der Waals surface area contributed by atoms with Crippen molar-refractivity contribution in [3.63, 3.8) is 0 Å². The molecular formula is C16H15NO3S. The fourth-order valence-electron chi connectivity index (χ4n) is 1.85. The largest absolute Gasteiger partial charge is 0.478 e. The summed E-state index contributed by atoms with van der Waals surface area (Å²) in [6, 6.07) is 7.57. The molecular weight excluding hydrogens is 286 g/mol. The molecule has 0 radical (unpaired) electrons. The first-order valence-electron chi connectivity index (χ1n) is 6.34. The van der Waals surface area contributed by atoms with Crippen molar-refractivity contribution in [2.75, 3.05) is 5.32 Å². The molecule has 0 bridgehead atoms. The Hall–Kier alpha value is -2.40. The number of carboxylic acids is 1. The first-order valence-corrected chi connectivity index (χ1v) is 7.22. The van der Waals surface area contributed by atoms with Gasteiger partial charge in [0.05, 0.1) is 4.88 Å². The molecule has 4 nitrogen and oxygen atoms in total. The molecule has 1 amide bonds. The van der Waals surface area contributed by atoms with E-state index in [2.05, 4.69) is 5.32 Å². The number of nitrogens with one attached hydrogen (secondary N) is 1. The zero-order chi connectivity index (χ0) is 15.4. The normalized spacial score (nSPS) is 10.8. The molecule has 0 atom stereocenters. The number of carboxylic acid groups (broad SMARTS) is 1. The molecule has 1 heterocycles. The first-order chi connectivity index (χ1) is 9.97. The fraction of sp³-hybridized carbons (Fsp3) is 0.125. The Morgan fingerprint density at radius 2 is 2.00 bits per heavy atom. The van der Waals surface area contributed by atoms with Gasteiger partial charge in [-0.25, -0.2) is 4.79 Å². The molecule has 5 heteroatoms. The van der Waals surface area contributed by atoms with E-state index in [1.807, 2.05) is 32.0 Å². The van der Waals surface area contributed by atoms with E-state index in [0.717, 1.165) is 22.9 Å². The quantitative estimate of drug-likeness (QED) is 0.846. The van der Waals surface area contributed by atoms with Crippen LogP contribution < -0.4 is 5.32 Å². The van der Waals surface area contributed by atoms with Crippen molar-refractivity contribution >= 4 is 35.0 Å². The highest BCUT2D eigenvalue weighted by Crippen LogP contribution is 2.22. The molecule has 0 aliphatic rings. The third-order valence-corrected chi connectivity index (χ3v) is 3.88. The number of rotatable bonds is 4. The number of aliphatic carboxylic acids is 1. The number of hydrogen-bond acceptors (Lipinski definition) is 3. The third-order valence-electron chi connectivity index (χ3n) is 2.95. The lowest BCUT2D eigenvalue weighted by atomic mass is 10.1. The van der Waals surface area contributed by atoms with Crippen molar-refractivity contribution in [1.29, 1.82) is 0 Å². The van der Waals surface area contributed by atoms with Gasteiger partial charge in [-0.3, -0.25) is 4.79 Å². The van der Waals surface area contributed by atoms with E-state index < -0.39 is 5.97 Å². The van der Waals surface area contributed by atoms with Gasteiger partial charge in [0.2, 0.25) is 0 Å². The molecule has 0 saturated heterocycles. The molecule has 0 fully saturated rings. The Morgan fingerprint density at radius 3 is 2.71 bits per heavy atom. The Balaban J connectivity index is 2.23. The smallest absolute Gasteiger partial charge is 0.328 e. The van der Waals surface area contributed by atoms with E-state index in [0.29, 0.717) is 10.4 Å². The van der Waals surface area contributed by atoms with Gasteiger partial charge in [-0.05, 0) is 54.1 Å². The van der Waals surface area contributed by atoms with Crippen LogP contribution in [-0.2, 0) is 4.79 Å². The van der Waals surface area contributed by atoms with Crippen LogP contribution in [0.15, 0.2) is 35.7 Å². The Labute approximate surface area is 126 Å². The second-order valence-electron chi connectivity index (χ2n) is 4.65. The van der Waals surface area contributed by atoms with Gasteiger partial charge in [0.15, 0.2) is 0 Å². The molecule has 0 spiro atoms. The zero-order valence-corrected chi connectivity index (χ0v) is 12.5. The van der Waals surface area contributed by atoms with Crippen molar-refractivity contribution in [2.45, 2.75) is 13.8 Å². The van der Waals surface area contributed by atoms with Crippen LogP contribution in [-0.4, -0.2) is 17.0 Å². The average Bonchev–Trinajstić information content (AvgIpc) is 2.89. The van der Waals surface area contributed by atoms with Crippen LogP contribution in [0.3, 0.4) is 0 Å². The van der Waals surface area contributed by atoms with Crippen molar-refractivity contribution < 1.29 is 14.7 Å². The third kappa shape index (κ3) is 3.79. The van der Waals surface area contributed by atoms with Crippen molar-refractivity contribution in [1.82, 2.24) is 0 Å². The summed E-state index contributed by atoms with van der Waals surface area (Å²) in [6.45, 7) is 3.88. The fourth-order valence-corrected chi connectivity index (χ4v) is 2.63. The number of carbonyl (C=O) groups excluding carboxylic acids is 1. The maximum atomic E-state index is 12.3. The van der Waals surface area contributed by atoms with Crippen LogP contribution >= 0.6 is 11.3 Å². The van der Waals surface area contributed by atoms with Crippen molar-refractivity contribution in [3.8, 4) is 0 Å². The van der Waals surface area contributed by atoms with E-state index in [1.54, 1.807) is 11.4 Å². The maximum Gasteiger partial charge on any atom is 0.328 e. The van der Waals surface area contributed by atoms with Gasteiger partial charge in [0, 0.05) is 11.8 Å². The van der Waals surface area contributed by atoms with Gasteiger partial charge in [0.25, 0.3) is 5.91 Å². The molecule has 1 aromatic heterocycles. The number of thiophene rings is 1. The molecule has 2 rings (SSSR count). The van der Waals surface area contributed by atoms with Crippen LogP contribution in [0.25, 0.3) is 6.08 Å². The summed E-state index contributed by atoms with van der Waals surface area (Å²) in [7, 11) is 0. The maximum absolute atomic E-state index is 12.3. The number of benzene rings is 1. The van der Waals surface area contributed by atoms with Gasteiger partial charge in [-0.1, -0.05) is 12.1 Å². The van der Waals surface area contributed by atoms with Crippen LogP contribution in [0.4, 0.5) is 5.69 Å². The highest BCUT2D eigenvalue weighted by Gasteiger charge is 2.13. The highest BCUT2D eigenvalue weighted by atomic mass is 32.1. The predicted octanol–water partition coefficient (Wildman–Crippen LogP) is 3.72. The van der Waals surface area contributed by atoms with E-state index in [9.17, 15) is 9.59 Å². The number of carbonyl (C=O) groups is 2. The summed E-state index contributed by atoms with van der Waals surface area (Å²) in [5.41, 5.74) is 3.41. The Bertz CT molecular complexity index is 716. The highest BCUT2D eigenvalue weighted by molar-refractivity contribution is 7.12. The first kappa shape index (κ1) is 15.0. The monoisotopic (exact) mass is 301 g/mol. The van der Waals surface area contributed by atoms with Crippen LogP contribution in [0.2, 0.25) is 0 Å². The number of hydrogen-bond donors (Lipinski definition) is 2. The summed E-state index contributed by atoms with van der Waals surface area (Å²) in [5, 5.41) is 13.3. The summed E-state index contributed by atoms with van der Waals surface area (Å²) >= 11 is 1.28. The topological polar surface area (TPSA) is 66.4 Å². The van der Waals surface area contributed by atoms with Gasteiger partial charge < -0.3 is 10.4 Å².